The Hall–Kier alpha value is -2.71. The van der Waals surface area contributed by atoms with Crippen molar-refractivity contribution in [2.75, 3.05) is 0 Å². The first-order chi connectivity index (χ1) is 15.6. The van der Waals surface area contributed by atoms with Gasteiger partial charge in [0.1, 0.15) is 11.6 Å². The first kappa shape index (κ1) is 22.5. The van der Waals surface area contributed by atoms with E-state index in [1.54, 1.807) is 12.1 Å². The van der Waals surface area contributed by atoms with Crippen molar-refractivity contribution in [3.63, 3.8) is 0 Å². The topological polar surface area (TPSA) is 0 Å². The molecule has 0 saturated heterocycles. The molecule has 0 aliphatic rings. The van der Waals surface area contributed by atoms with Crippen LogP contribution < -0.4 is 0 Å². The largest absolute Gasteiger partial charge is 0.206 e. The van der Waals surface area contributed by atoms with E-state index in [0.717, 1.165) is 28.5 Å². The van der Waals surface area contributed by atoms with Crippen molar-refractivity contribution in [2.45, 2.75) is 45.4 Å². The predicted molar refractivity (Wildman–Crippen MR) is 132 cm³/mol. The van der Waals surface area contributed by atoms with Crippen LogP contribution in [0.3, 0.4) is 0 Å². The van der Waals surface area contributed by atoms with Gasteiger partial charge in [-0.1, -0.05) is 105 Å². The minimum atomic E-state index is -0.450. The molecule has 0 spiro atoms. The van der Waals surface area contributed by atoms with E-state index in [4.69, 9.17) is 11.6 Å². The molecule has 0 heterocycles. The Bertz CT molecular complexity index is 1210. The van der Waals surface area contributed by atoms with Crippen LogP contribution in [0.25, 0.3) is 33.0 Å². The van der Waals surface area contributed by atoms with E-state index in [1.807, 2.05) is 48.5 Å². The van der Waals surface area contributed by atoms with Gasteiger partial charge in [0, 0.05) is 10.9 Å². The lowest BCUT2D eigenvalue weighted by atomic mass is 9.96. The van der Waals surface area contributed by atoms with Crippen LogP contribution in [0.5, 0.6) is 0 Å². The van der Waals surface area contributed by atoms with Crippen LogP contribution in [-0.2, 0) is 6.42 Å². The number of benzene rings is 4. The first-order valence-electron chi connectivity index (χ1n) is 11.3. The highest BCUT2D eigenvalue weighted by atomic mass is 35.5. The molecule has 0 aromatic heterocycles. The van der Waals surface area contributed by atoms with Crippen LogP contribution >= 0.6 is 11.6 Å². The van der Waals surface area contributed by atoms with Gasteiger partial charge in [-0.2, -0.15) is 0 Å². The van der Waals surface area contributed by atoms with E-state index in [1.165, 1.54) is 43.7 Å². The number of hydrogen-bond acceptors (Lipinski definition) is 0. The van der Waals surface area contributed by atoms with Gasteiger partial charge in [-0.3, -0.25) is 0 Å². The normalized spacial score (nSPS) is 11.2. The van der Waals surface area contributed by atoms with Crippen molar-refractivity contribution < 1.29 is 8.78 Å². The number of rotatable bonds is 8. The van der Waals surface area contributed by atoms with E-state index in [2.05, 4.69) is 13.0 Å². The maximum Gasteiger partial charge on any atom is 0.142 e. The van der Waals surface area contributed by atoms with Crippen LogP contribution in [-0.4, -0.2) is 0 Å². The molecule has 0 atom stereocenters. The zero-order valence-corrected chi connectivity index (χ0v) is 19.1. The molecule has 0 aliphatic heterocycles. The lowest BCUT2D eigenvalue weighted by Crippen LogP contribution is -1.91. The van der Waals surface area contributed by atoms with Gasteiger partial charge in [0.05, 0.1) is 5.02 Å². The maximum absolute atomic E-state index is 15.3. The summed E-state index contributed by atoms with van der Waals surface area (Å²) < 4.78 is 29.1. The number of halogens is 3. The average molecular weight is 449 g/mol. The molecule has 0 N–H and O–H groups in total. The molecule has 0 aliphatic carbocycles. The van der Waals surface area contributed by atoms with Crippen molar-refractivity contribution in [3.05, 3.63) is 95.0 Å². The summed E-state index contributed by atoms with van der Waals surface area (Å²) in [6, 6.07) is 22.1. The molecule has 0 amide bonds. The summed E-state index contributed by atoms with van der Waals surface area (Å²) in [6.07, 6.45) is 7.29. The van der Waals surface area contributed by atoms with Gasteiger partial charge in [-0.25, -0.2) is 8.78 Å². The molecule has 3 heteroatoms. The molecule has 0 saturated carbocycles. The third-order valence-corrected chi connectivity index (χ3v) is 6.34. The van der Waals surface area contributed by atoms with Crippen LogP contribution in [0.4, 0.5) is 8.78 Å². The van der Waals surface area contributed by atoms with E-state index >= 15 is 4.39 Å². The number of unbranched alkanes of at least 4 members (excludes halogenated alkanes) is 4. The van der Waals surface area contributed by atoms with E-state index in [9.17, 15) is 4.39 Å². The second-order valence-corrected chi connectivity index (χ2v) is 8.76. The molecule has 4 aromatic carbocycles. The number of fused-ring (bicyclic) bond motifs is 1. The summed E-state index contributed by atoms with van der Waals surface area (Å²) in [4.78, 5) is 0. The molecule has 0 radical (unpaired) electrons. The molecule has 0 nitrogen and oxygen atoms in total. The Kier molecular flexibility index (Phi) is 7.22. The van der Waals surface area contributed by atoms with Crippen molar-refractivity contribution in [1.82, 2.24) is 0 Å². The molecule has 4 aromatic rings. The van der Waals surface area contributed by atoms with E-state index < -0.39 is 5.82 Å². The third-order valence-electron chi connectivity index (χ3n) is 6.04. The van der Waals surface area contributed by atoms with E-state index in [0.29, 0.717) is 10.9 Å². The van der Waals surface area contributed by atoms with Crippen LogP contribution in [0, 0.1) is 11.6 Å². The highest BCUT2D eigenvalue weighted by molar-refractivity contribution is 6.30. The Labute approximate surface area is 193 Å². The van der Waals surface area contributed by atoms with Gasteiger partial charge >= 0.3 is 0 Å². The summed E-state index contributed by atoms with van der Waals surface area (Å²) in [6.45, 7) is 2.22. The van der Waals surface area contributed by atoms with Crippen LogP contribution in [0.15, 0.2) is 72.8 Å². The third kappa shape index (κ3) is 5.02. The van der Waals surface area contributed by atoms with Crippen molar-refractivity contribution in [3.8, 4) is 22.3 Å². The molecule has 0 bridgehead atoms. The molecule has 32 heavy (non-hydrogen) atoms. The molecular formula is C29H27ClF2. The highest BCUT2D eigenvalue weighted by Crippen LogP contribution is 2.32. The molecule has 0 unspecified atom stereocenters. The average Bonchev–Trinajstić information content (AvgIpc) is 2.81. The fourth-order valence-corrected chi connectivity index (χ4v) is 4.29. The minimum Gasteiger partial charge on any atom is -0.206 e. The van der Waals surface area contributed by atoms with Crippen molar-refractivity contribution >= 4 is 22.4 Å². The Balaban J connectivity index is 1.54. The standard InChI is InChI=1S/C29H27ClF2/c1-2-3-4-5-6-7-20-8-15-26-24(18-20)13-16-25(29(26)32)22-11-9-21(10-12-22)23-14-17-27(30)28(31)19-23/h8-19H,2-7H2,1H3. The first-order valence-corrected chi connectivity index (χ1v) is 11.7. The molecule has 4 rings (SSSR count). The Morgan fingerprint density at radius 1 is 0.688 bits per heavy atom. The Morgan fingerprint density at radius 2 is 1.41 bits per heavy atom. The monoisotopic (exact) mass is 448 g/mol. The van der Waals surface area contributed by atoms with Crippen molar-refractivity contribution in [1.29, 1.82) is 0 Å². The quantitative estimate of drug-likeness (QED) is 0.235. The summed E-state index contributed by atoms with van der Waals surface area (Å²) >= 11 is 5.77. The summed E-state index contributed by atoms with van der Waals surface area (Å²) in [5.74, 6) is -0.656. The lowest BCUT2D eigenvalue weighted by Gasteiger charge is -2.10. The summed E-state index contributed by atoms with van der Waals surface area (Å²) in [7, 11) is 0. The zero-order chi connectivity index (χ0) is 22.5. The predicted octanol–water partition coefficient (Wildman–Crippen LogP) is 9.62. The zero-order valence-electron chi connectivity index (χ0n) is 18.3. The summed E-state index contributed by atoms with van der Waals surface area (Å²) in [5.41, 5.74) is 4.22. The second-order valence-electron chi connectivity index (χ2n) is 8.35. The van der Waals surface area contributed by atoms with Gasteiger partial charge in [-0.15, -0.1) is 0 Å². The minimum absolute atomic E-state index is 0.100. The number of hydrogen-bond donors (Lipinski definition) is 0. The Morgan fingerprint density at radius 3 is 2.16 bits per heavy atom. The van der Waals surface area contributed by atoms with Gasteiger partial charge in [0.2, 0.25) is 0 Å². The SMILES string of the molecule is CCCCCCCc1ccc2c(F)c(-c3ccc(-c4ccc(Cl)c(F)c4)cc3)ccc2c1. The van der Waals surface area contributed by atoms with Crippen LogP contribution in [0.1, 0.15) is 44.6 Å². The summed E-state index contributed by atoms with van der Waals surface area (Å²) in [5, 5.41) is 1.68. The smallest absolute Gasteiger partial charge is 0.142 e. The molecule has 164 valence electrons. The lowest BCUT2D eigenvalue weighted by molar-refractivity contribution is 0.629. The maximum atomic E-state index is 15.3. The fourth-order valence-electron chi connectivity index (χ4n) is 4.17. The fraction of sp³-hybridized carbons (Fsp3) is 0.241. The van der Waals surface area contributed by atoms with Gasteiger partial charge in [0.15, 0.2) is 0 Å². The van der Waals surface area contributed by atoms with Gasteiger partial charge in [0.25, 0.3) is 0 Å². The van der Waals surface area contributed by atoms with Crippen LogP contribution in [0.2, 0.25) is 5.02 Å². The van der Waals surface area contributed by atoms with Crippen molar-refractivity contribution in [2.24, 2.45) is 0 Å². The second kappa shape index (κ2) is 10.3. The number of aryl methyl sites for hydroxylation is 1. The van der Waals surface area contributed by atoms with Gasteiger partial charge in [-0.05, 0) is 52.6 Å². The molecular weight excluding hydrogens is 422 g/mol. The molecule has 0 fully saturated rings. The van der Waals surface area contributed by atoms with E-state index in [-0.39, 0.29) is 10.8 Å². The highest BCUT2D eigenvalue weighted by Gasteiger charge is 2.11. The van der Waals surface area contributed by atoms with Gasteiger partial charge < -0.3 is 0 Å².